The maximum Gasteiger partial charge on any atom is 0.0953 e. The SMILES string of the molecule is CCC(C(O)[C@H](C)OC1CCCCCCCCCCCCCC1)N(C)C. The van der Waals surface area contributed by atoms with Crippen molar-refractivity contribution in [2.45, 2.75) is 135 Å². The number of rotatable bonds is 6. The van der Waals surface area contributed by atoms with Gasteiger partial charge in [0, 0.05) is 6.04 Å². The monoisotopic (exact) mass is 369 g/mol. The summed E-state index contributed by atoms with van der Waals surface area (Å²) in [7, 11) is 4.10. The van der Waals surface area contributed by atoms with Crippen LogP contribution in [-0.4, -0.2) is 48.5 Å². The summed E-state index contributed by atoms with van der Waals surface area (Å²) in [4.78, 5) is 2.13. The molecular formula is C23H47NO2. The molecule has 0 aromatic heterocycles. The molecule has 1 aliphatic carbocycles. The molecule has 0 radical (unpaired) electrons. The molecule has 156 valence electrons. The molecule has 0 amide bonds. The predicted octanol–water partition coefficient (Wildman–Crippen LogP) is 5.94. The number of ether oxygens (including phenoxy) is 1. The summed E-state index contributed by atoms with van der Waals surface area (Å²) in [6, 6.07) is 0.173. The topological polar surface area (TPSA) is 32.7 Å². The number of nitrogens with zero attached hydrogens (tertiary/aromatic N) is 1. The van der Waals surface area contributed by atoms with Gasteiger partial charge in [-0.05, 0) is 40.3 Å². The fraction of sp³-hybridized carbons (Fsp3) is 1.00. The summed E-state index contributed by atoms with van der Waals surface area (Å²) in [5.74, 6) is 0. The van der Waals surface area contributed by atoms with E-state index in [1.807, 2.05) is 14.1 Å². The molecule has 0 spiro atoms. The Morgan fingerprint density at radius 1 is 0.808 bits per heavy atom. The largest absolute Gasteiger partial charge is 0.389 e. The minimum atomic E-state index is -0.411. The normalized spacial score (nSPS) is 23.8. The molecule has 3 atom stereocenters. The van der Waals surface area contributed by atoms with Gasteiger partial charge in [-0.15, -0.1) is 0 Å². The van der Waals surface area contributed by atoms with Crippen LogP contribution in [0.4, 0.5) is 0 Å². The second-order valence-corrected chi connectivity index (χ2v) is 8.71. The second-order valence-electron chi connectivity index (χ2n) is 8.71. The van der Waals surface area contributed by atoms with Gasteiger partial charge in [0.05, 0.1) is 18.3 Å². The molecule has 1 rings (SSSR count). The second kappa shape index (κ2) is 14.9. The first-order valence-corrected chi connectivity index (χ1v) is 11.6. The highest BCUT2D eigenvalue weighted by Gasteiger charge is 2.27. The first kappa shape index (κ1) is 23.9. The van der Waals surface area contributed by atoms with Gasteiger partial charge in [-0.1, -0.05) is 84.0 Å². The van der Waals surface area contributed by atoms with Gasteiger partial charge in [0.2, 0.25) is 0 Å². The Morgan fingerprint density at radius 3 is 1.54 bits per heavy atom. The Morgan fingerprint density at radius 2 is 1.19 bits per heavy atom. The molecule has 0 bridgehead atoms. The van der Waals surface area contributed by atoms with Gasteiger partial charge in [-0.2, -0.15) is 0 Å². The third-order valence-electron chi connectivity index (χ3n) is 6.17. The van der Waals surface area contributed by atoms with Crippen molar-refractivity contribution in [3.63, 3.8) is 0 Å². The summed E-state index contributed by atoms with van der Waals surface area (Å²) < 4.78 is 6.39. The summed E-state index contributed by atoms with van der Waals surface area (Å²) in [6.45, 7) is 4.21. The van der Waals surface area contributed by atoms with Gasteiger partial charge in [0.15, 0.2) is 0 Å². The van der Waals surface area contributed by atoms with Crippen LogP contribution in [0.25, 0.3) is 0 Å². The smallest absolute Gasteiger partial charge is 0.0953 e. The summed E-state index contributed by atoms with van der Waals surface area (Å²) in [6.07, 6.45) is 19.6. The number of hydrogen-bond acceptors (Lipinski definition) is 3. The van der Waals surface area contributed by atoms with E-state index in [4.69, 9.17) is 4.74 Å². The van der Waals surface area contributed by atoms with Crippen LogP contribution in [0.1, 0.15) is 110 Å². The molecular weight excluding hydrogens is 322 g/mol. The minimum Gasteiger partial charge on any atom is -0.389 e. The van der Waals surface area contributed by atoms with E-state index >= 15 is 0 Å². The molecule has 0 aliphatic heterocycles. The van der Waals surface area contributed by atoms with Crippen molar-refractivity contribution < 1.29 is 9.84 Å². The fourth-order valence-corrected chi connectivity index (χ4v) is 4.40. The van der Waals surface area contributed by atoms with Gasteiger partial charge in [0.25, 0.3) is 0 Å². The predicted molar refractivity (Wildman–Crippen MR) is 113 cm³/mol. The molecule has 1 fully saturated rings. The lowest BCUT2D eigenvalue weighted by atomic mass is 10.0. The van der Waals surface area contributed by atoms with Crippen LogP contribution in [0.3, 0.4) is 0 Å². The van der Waals surface area contributed by atoms with Crippen LogP contribution in [0.2, 0.25) is 0 Å². The van der Waals surface area contributed by atoms with Gasteiger partial charge in [-0.25, -0.2) is 0 Å². The highest BCUT2D eigenvalue weighted by Crippen LogP contribution is 2.21. The zero-order valence-corrected chi connectivity index (χ0v) is 18.2. The quantitative estimate of drug-likeness (QED) is 0.629. The molecule has 3 heteroatoms. The van der Waals surface area contributed by atoms with Crippen LogP contribution in [0, 0.1) is 0 Å². The molecule has 3 nitrogen and oxygen atoms in total. The first-order chi connectivity index (χ1) is 12.6. The molecule has 0 aromatic rings. The summed E-state index contributed by atoms with van der Waals surface area (Å²) >= 11 is 0. The van der Waals surface area contributed by atoms with Gasteiger partial charge < -0.3 is 14.7 Å². The van der Waals surface area contributed by atoms with E-state index in [-0.39, 0.29) is 12.1 Å². The van der Waals surface area contributed by atoms with Crippen LogP contribution in [0.5, 0.6) is 0 Å². The van der Waals surface area contributed by atoms with E-state index in [1.165, 1.54) is 77.0 Å². The van der Waals surface area contributed by atoms with Crippen LogP contribution in [0.15, 0.2) is 0 Å². The molecule has 0 saturated heterocycles. The Bertz CT molecular complexity index is 305. The van der Waals surface area contributed by atoms with Crippen LogP contribution >= 0.6 is 0 Å². The van der Waals surface area contributed by atoms with Crippen molar-refractivity contribution in [3.05, 3.63) is 0 Å². The van der Waals surface area contributed by atoms with Gasteiger partial charge in [-0.3, -0.25) is 0 Å². The number of likely N-dealkylation sites (N-methyl/N-ethyl adjacent to an activating group) is 1. The molecule has 1 saturated carbocycles. The van der Waals surface area contributed by atoms with Crippen molar-refractivity contribution in [1.29, 1.82) is 0 Å². The Kier molecular flexibility index (Phi) is 13.7. The lowest BCUT2D eigenvalue weighted by Gasteiger charge is -2.33. The summed E-state index contributed by atoms with van der Waals surface area (Å²) in [5, 5.41) is 10.7. The van der Waals surface area contributed by atoms with Gasteiger partial charge in [0.1, 0.15) is 0 Å². The highest BCUT2D eigenvalue weighted by molar-refractivity contribution is 4.80. The zero-order valence-electron chi connectivity index (χ0n) is 18.2. The minimum absolute atomic E-state index is 0.0885. The number of hydrogen-bond donors (Lipinski definition) is 1. The Balaban J connectivity index is 2.49. The first-order valence-electron chi connectivity index (χ1n) is 11.6. The van der Waals surface area contributed by atoms with E-state index in [9.17, 15) is 5.11 Å². The summed E-state index contributed by atoms with van der Waals surface area (Å²) in [5.41, 5.74) is 0. The maximum atomic E-state index is 10.7. The highest BCUT2D eigenvalue weighted by atomic mass is 16.5. The molecule has 1 N–H and O–H groups in total. The maximum absolute atomic E-state index is 10.7. The number of aliphatic hydroxyl groups excluding tert-OH is 1. The molecule has 2 unspecified atom stereocenters. The zero-order chi connectivity index (χ0) is 19.2. The van der Waals surface area contributed by atoms with Crippen molar-refractivity contribution in [1.82, 2.24) is 4.90 Å². The van der Waals surface area contributed by atoms with E-state index < -0.39 is 6.10 Å². The average Bonchev–Trinajstić information content (AvgIpc) is 2.62. The number of aliphatic hydroxyl groups is 1. The molecule has 0 heterocycles. The van der Waals surface area contributed by atoms with Crippen LogP contribution < -0.4 is 0 Å². The van der Waals surface area contributed by atoms with E-state index in [1.54, 1.807) is 0 Å². The third-order valence-corrected chi connectivity index (χ3v) is 6.17. The molecule has 1 aliphatic rings. The lowest BCUT2D eigenvalue weighted by Crippen LogP contribution is -2.46. The van der Waals surface area contributed by atoms with Crippen molar-refractivity contribution in [2.24, 2.45) is 0 Å². The van der Waals surface area contributed by atoms with Crippen molar-refractivity contribution >= 4 is 0 Å². The van der Waals surface area contributed by atoms with Crippen molar-refractivity contribution in [2.75, 3.05) is 14.1 Å². The third kappa shape index (κ3) is 10.3. The Hall–Kier alpha value is -0.120. The standard InChI is InChI=1S/C23H47NO2/c1-5-22(24(3)4)23(25)20(2)26-21-18-16-14-12-10-8-6-7-9-11-13-15-17-19-21/h20-23,25H,5-19H2,1-4H3/t20-,22?,23?/m0/s1. The average molecular weight is 370 g/mol. The van der Waals surface area contributed by atoms with E-state index in [2.05, 4.69) is 18.7 Å². The molecule has 0 aromatic carbocycles. The van der Waals surface area contributed by atoms with Gasteiger partial charge >= 0.3 is 0 Å². The van der Waals surface area contributed by atoms with Crippen molar-refractivity contribution in [3.8, 4) is 0 Å². The lowest BCUT2D eigenvalue weighted by molar-refractivity contribution is -0.0953. The van der Waals surface area contributed by atoms with E-state index in [0.717, 1.165) is 19.3 Å². The Labute approximate surface area is 163 Å². The van der Waals surface area contributed by atoms with E-state index in [0.29, 0.717) is 6.10 Å². The fourth-order valence-electron chi connectivity index (χ4n) is 4.40. The van der Waals surface area contributed by atoms with Crippen LogP contribution in [-0.2, 0) is 4.74 Å². The molecule has 26 heavy (non-hydrogen) atoms.